The first-order valence-corrected chi connectivity index (χ1v) is 13.7. The van der Waals surface area contributed by atoms with Crippen molar-refractivity contribution in [3.8, 4) is 11.5 Å². The van der Waals surface area contributed by atoms with Crippen LogP contribution in [0.5, 0.6) is 11.5 Å². The van der Waals surface area contributed by atoms with Crippen molar-refractivity contribution in [1.29, 1.82) is 0 Å². The van der Waals surface area contributed by atoms with Crippen molar-refractivity contribution in [2.45, 2.75) is 63.0 Å². The van der Waals surface area contributed by atoms with Crippen molar-refractivity contribution >= 4 is 10.0 Å². The maximum atomic E-state index is 13.9. The fourth-order valence-electron chi connectivity index (χ4n) is 4.83. The standard InChI is InChI=1S/C26H35FN2O4S/c1-3-18-32-25-9-8-23(19-20(25)2)34(30,31)29-16-10-21(11-17-29)28-14-12-22(13-15-28)33-26-7-5-4-6-24(26)27/h4-9,19,21-22H,3,10-18H2,1-2H3. The number of likely N-dealkylation sites (tertiary alicyclic amines) is 1. The second kappa shape index (κ2) is 11.1. The summed E-state index contributed by atoms with van der Waals surface area (Å²) >= 11 is 0. The Hall–Kier alpha value is -2.16. The second-order valence-corrected chi connectivity index (χ2v) is 11.1. The van der Waals surface area contributed by atoms with Crippen LogP contribution in [0.15, 0.2) is 47.4 Å². The number of hydrogen-bond donors (Lipinski definition) is 0. The van der Waals surface area contributed by atoms with Gasteiger partial charge in [0.05, 0.1) is 11.5 Å². The Bertz CT molecular complexity index is 1060. The van der Waals surface area contributed by atoms with Crippen molar-refractivity contribution in [2.24, 2.45) is 0 Å². The van der Waals surface area contributed by atoms with E-state index in [1.165, 1.54) is 6.07 Å². The summed E-state index contributed by atoms with van der Waals surface area (Å²) in [5, 5.41) is 0. The third-order valence-corrected chi connectivity index (χ3v) is 8.69. The van der Waals surface area contributed by atoms with Crippen molar-refractivity contribution < 1.29 is 22.3 Å². The van der Waals surface area contributed by atoms with Crippen LogP contribution in [0.25, 0.3) is 0 Å². The number of halogens is 1. The highest BCUT2D eigenvalue weighted by atomic mass is 32.2. The molecule has 2 heterocycles. The molecular weight excluding hydrogens is 455 g/mol. The van der Waals surface area contributed by atoms with Crippen molar-refractivity contribution in [1.82, 2.24) is 9.21 Å². The van der Waals surface area contributed by atoms with Crippen LogP contribution in [0.3, 0.4) is 0 Å². The number of benzene rings is 2. The van der Waals surface area contributed by atoms with Crippen LogP contribution in [-0.2, 0) is 10.0 Å². The van der Waals surface area contributed by atoms with E-state index in [2.05, 4.69) is 4.90 Å². The maximum Gasteiger partial charge on any atom is 0.243 e. The molecule has 2 saturated heterocycles. The van der Waals surface area contributed by atoms with Crippen molar-refractivity contribution in [3.63, 3.8) is 0 Å². The molecule has 2 aromatic carbocycles. The van der Waals surface area contributed by atoms with Crippen LogP contribution in [0.4, 0.5) is 4.39 Å². The van der Waals surface area contributed by atoms with Crippen LogP contribution in [0.1, 0.15) is 44.6 Å². The lowest BCUT2D eigenvalue weighted by Gasteiger charge is -2.41. The predicted molar refractivity (Wildman–Crippen MR) is 130 cm³/mol. The number of aryl methyl sites for hydroxylation is 1. The minimum absolute atomic E-state index is 0.0149. The van der Waals surface area contributed by atoms with Crippen LogP contribution in [0.2, 0.25) is 0 Å². The van der Waals surface area contributed by atoms with Gasteiger partial charge in [-0.05, 0) is 74.9 Å². The van der Waals surface area contributed by atoms with Crippen LogP contribution >= 0.6 is 0 Å². The molecule has 0 aromatic heterocycles. The molecule has 0 saturated carbocycles. The lowest BCUT2D eigenvalue weighted by molar-refractivity contribution is 0.0568. The Morgan fingerprint density at radius 2 is 1.68 bits per heavy atom. The van der Waals surface area contributed by atoms with Gasteiger partial charge in [0.25, 0.3) is 0 Å². The van der Waals surface area contributed by atoms with Gasteiger partial charge in [-0.15, -0.1) is 0 Å². The average molecular weight is 491 g/mol. The average Bonchev–Trinajstić information content (AvgIpc) is 2.85. The molecule has 34 heavy (non-hydrogen) atoms. The zero-order valence-electron chi connectivity index (χ0n) is 20.1. The molecule has 0 bridgehead atoms. The quantitative estimate of drug-likeness (QED) is 0.541. The third-order valence-electron chi connectivity index (χ3n) is 6.79. The molecule has 0 atom stereocenters. The highest BCUT2D eigenvalue weighted by Gasteiger charge is 2.33. The summed E-state index contributed by atoms with van der Waals surface area (Å²) in [5.74, 6) is 0.735. The van der Waals surface area contributed by atoms with Crippen molar-refractivity contribution in [2.75, 3.05) is 32.8 Å². The highest BCUT2D eigenvalue weighted by Crippen LogP contribution is 2.29. The fraction of sp³-hybridized carbons (Fsp3) is 0.538. The zero-order valence-corrected chi connectivity index (χ0v) is 20.9. The molecule has 0 radical (unpaired) electrons. The topological polar surface area (TPSA) is 59.1 Å². The van der Waals surface area contributed by atoms with E-state index in [0.29, 0.717) is 36.4 Å². The van der Waals surface area contributed by atoms with E-state index in [1.54, 1.807) is 40.7 Å². The van der Waals surface area contributed by atoms with Gasteiger partial charge in [-0.1, -0.05) is 19.1 Å². The molecule has 0 unspecified atom stereocenters. The summed E-state index contributed by atoms with van der Waals surface area (Å²) < 4.78 is 53.5. The Balaban J connectivity index is 1.28. The molecule has 0 amide bonds. The molecule has 0 aliphatic carbocycles. The molecule has 2 aliphatic heterocycles. The van der Waals surface area contributed by atoms with Crippen molar-refractivity contribution in [3.05, 3.63) is 53.8 Å². The first kappa shape index (κ1) is 24.9. The Kier molecular flexibility index (Phi) is 8.11. The van der Waals surface area contributed by atoms with E-state index in [4.69, 9.17) is 9.47 Å². The van der Waals surface area contributed by atoms with E-state index in [1.807, 2.05) is 13.8 Å². The molecule has 8 heteroatoms. The zero-order chi connectivity index (χ0) is 24.1. The van der Waals surface area contributed by atoms with Gasteiger partial charge in [0.1, 0.15) is 11.9 Å². The van der Waals surface area contributed by atoms with Gasteiger partial charge in [-0.25, -0.2) is 12.8 Å². The summed E-state index contributed by atoms with van der Waals surface area (Å²) in [6.45, 7) is 7.35. The van der Waals surface area contributed by atoms with Gasteiger partial charge in [0.15, 0.2) is 11.6 Å². The van der Waals surface area contributed by atoms with Crippen LogP contribution < -0.4 is 9.47 Å². The number of piperidine rings is 2. The molecule has 0 spiro atoms. The normalized spacial score (nSPS) is 19.3. The van der Waals surface area contributed by atoms with E-state index in [-0.39, 0.29) is 11.9 Å². The van der Waals surface area contributed by atoms with Crippen LogP contribution in [-0.4, -0.2) is 62.6 Å². The van der Waals surface area contributed by atoms with Gasteiger partial charge in [-0.3, -0.25) is 0 Å². The number of rotatable bonds is 8. The van der Waals surface area contributed by atoms with Gasteiger partial charge < -0.3 is 14.4 Å². The summed E-state index contributed by atoms with van der Waals surface area (Å²) in [7, 11) is -3.52. The van der Waals surface area contributed by atoms with E-state index >= 15 is 0 Å². The summed E-state index contributed by atoms with van der Waals surface area (Å²) in [5.41, 5.74) is 0.838. The number of nitrogens with zero attached hydrogens (tertiary/aromatic N) is 2. The Labute approximate surface area is 202 Å². The molecule has 0 N–H and O–H groups in total. The van der Waals surface area contributed by atoms with Gasteiger partial charge in [-0.2, -0.15) is 4.31 Å². The monoisotopic (exact) mass is 490 g/mol. The van der Waals surface area contributed by atoms with Gasteiger partial charge in [0.2, 0.25) is 10.0 Å². The first-order chi connectivity index (χ1) is 16.4. The van der Waals surface area contributed by atoms with E-state index < -0.39 is 10.0 Å². The minimum atomic E-state index is -3.52. The molecule has 4 rings (SSSR count). The predicted octanol–water partition coefficient (Wildman–Crippen LogP) is 4.62. The summed E-state index contributed by atoms with van der Waals surface area (Å²) in [6.07, 6.45) is 4.24. The minimum Gasteiger partial charge on any atom is -0.493 e. The molecule has 186 valence electrons. The largest absolute Gasteiger partial charge is 0.493 e. The summed E-state index contributed by atoms with van der Waals surface area (Å²) in [6, 6.07) is 12.0. The summed E-state index contributed by atoms with van der Waals surface area (Å²) in [4.78, 5) is 2.77. The molecule has 2 fully saturated rings. The van der Waals surface area contributed by atoms with Gasteiger partial charge >= 0.3 is 0 Å². The van der Waals surface area contributed by atoms with E-state index in [0.717, 1.165) is 56.5 Å². The number of ether oxygens (including phenoxy) is 2. The molecule has 6 nitrogen and oxygen atoms in total. The molecule has 2 aliphatic rings. The SMILES string of the molecule is CCCOc1ccc(S(=O)(=O)N2CCC(N3CCC(Oc4ccccc4F)CC3)CC2)cc1C. The fourth-order valence-corrected chi connectivity index (χ4v) is 6.39. The smallest absolute Gasteiger partial charge is 0.243 e. The maximum absolute atomic E-state index is 13.9. The van der Waals surface area contributed by atoms with Crippen LogP contribution in [0, 0.1) is 12.7 Å². The molecule has 2 aromatic rings. The molecular formula is C26H35FN2O4S. The number of para-hydroxylation sites is 1. The number of sulfonamides is 1. The first-order valence-electron chi connectivity index (χ1n) is 12.3. The highest BCUT2D eigenvalue weighted by molar-refractivity contribution is 7.89. The second-order valence-electron chi connectivity index (χ2n) is 9.19. The Morgan fingerprint density at radius 1 is 0.971 bits per heavy atom. The lowest BCUT2D eigenvalue weighted by Crippen LogP contribution is -2.50. The third kappa shape index (κ3) is 5.73. The van der Waals surface area contributed by atoms with Gasteiger partial charge in [0, 0.05) is 32.2 Å². The number of hydrogen-bond acceptors (Lipinski definition) is 5. The van der Waals surface area contributed by atoms with E-state index in [9.17, 15) is 12.8 Å². The Morgan fingerprint density at radius 3 is 2.32 bits per heavy atom. The lowest BCUT2D eigenvalue weighted by atomic mass is 10.00.